The van der Waals surface area contributed by atoms with Crippen molar-refractivity contribution in [2.45, 2.75) is 19.9 Å². The molecule has 22 heavy (non-hydrogen) atoms. The van der Waals surface area contributed by atoms with Gasteiger partial charge in [0.05, 0.1) is 13.1 Å². The Kier molecular flexibility index (Phi) is 7.52. The van der Waals surface area contributed by atoms with Crippen LogP contribution in [0.4, 0.5) is 4.39 Å². The Bertz CT molecular complexity index is 508. The summed E-state index contributed by atoms with van der Waals surface area (Å²) in [6.07, 6.45) is 0.856. The third-order valence-electron chi connectivity index (χ3n) is 3.18. The number of benzene rings is 1. The van der Waals surface area contributed by atoms with Gasteiger partial charge >= 0.3 is 0 Å². The van der Waals surface area contributed by atoms with E-state index in [1.54, 1.807) is 37.2 Å². The zero-order chi connectivity index (χ0) is 16.5. The molecule has 1 aromatic rings. The minimum atomic E-state index is -0.283. The second-order valence-corrected chi connectivity index (χ2v) is 5.36. The van der Waals surface area contributed by atoms with Crippen LogP contribution in [0.5, 0.6) is 0 Å². The first kappa shape index (κ1) is 18.1. The standard InChI is InChI=1S/C16H24FN3O2/c1-4-9-18-15(21)11-20(3)16(22)12-19(2)10-13-7-5-6-8-14(13)17/h5-8H,4,9-12H2,1-3H3,(H,18,21). The maximum Gasteiger partial charge on any atom is 0.239 e. The van der Waals surface area contributed by atoms with E-state index in [1.165, 1.54) is 11.0 Å². The molecule has 0 unspecified atom stereocenters. The number of hydrogen-bond donors (Lipinski definition) is 1. The molecule has 6 heteroatoms. The molecule has 0 heterocycles. The van der Waals surface area contributed by atoms with Gasteiger partial charge < -0.3 is 10.2 Å². The molecule has 0 spiro atoms. The van der Waals surface area contributed by atoms with Crippen molar-refractivity contribution in [1.82, 2.24) is 15.1 Å². The number of halogens is 1. The van der Waals surface area contributed by atoms with E-state index in [0.29, 0.717) is 18.7 Å². The summed E-state index contributed by atoms with van der Waals surface area (Å²) in [6.45, 7) is 3.08. The fourth-order valence-electron chi connectivity index (χ4n) is 1.95. The summed E-state index contributed by atoms with van der Waals surface area (Å²) >= 11 is 0. The monoisotopic (exact) mass is 309 g/mol. The van der Waals surface area contributed by atoms with Gasteiger partial charge in [0, 0.05) is 25.7 Å². The molecule has 0 saturated heterocycles. The van der Waals surface area contributed by atoms with Crippen LogP contribution >= 0.6 is 0 Å². The smallest absolute Gasteiger partial charge is 0.239 e. The number of hydrogen-bond acceptors (Lipinski definition) is 3. The summed E-state index contributed by atoms with van der Waals surface area (Å²) in [7, 11) is 3.33. The predicted molar refractivity (Wildman–Crippen MR) is 83.7 cm³/mol. The summed E-state index contributed by atoms with van der Waals surface area (Å²) in [5.74, 6) is -0.631. The lowest BCUT2D eigenvalue weighted by Gasteiger charge is -2.21. The van der Waals surface area contributed by atoms with Crippen LogP contribution in [0.25, 0.3) is 0 Å². The first-order chi connectivity index (χ1) is 10.4. The number of rotatable bonds is 8. The van der Waals surface area contributed by atoms with Crippen LogP contribution in [0.3, 0.4) is 0 Å². The Morgan fingerprint density at radius 3 is 2.50 bits per heavy atom. The van der Waals surface area contributed by atoms with Crippen molar-refractivity contribution < 1.29 is 14.0 Å². The van der Waals surface area contributed by atoms with Gasteiger partial charge in [0.2, 0.25) is 11.8 Å². The maximum atomic E-state index is 13.6. The molecule has 2 amide bonds. The van der Waals surface area contributed by atoms with Crippen molar-refractivity contribution in [3.05, 3.63) is 35.6 Å². The van der Waals surface area contributed by atoms with Gasteiger partial charge in [-0.2, -0.15) is 0 Å². The molecule has 0 aliphatic carbocycles. The van der Waals surface area contributed by atoms with Crippen LogP contribution in [0.2, 0.25) is 0 Å². The summed E-state index contributed by atoms with van der Waals surface area (Å²) in [5.41, 5.74) is 0.543. The molecule has 1 aromatic carbocycles. The van der Waals surface area contributed by atoms with Gasteiger partial charge in [-0.05, 0) is 19.5 Å². The number of amides is 2. The maximum absolute atomic E-state index is 13.6. The van der Waals surface area contributed by atoms with Crippen LogP contribution in [0.15, 0.2) is 24.3 Å². The highest BCUT2D eigenvalue weighted by Crippen LogP contribution is 2.08. The molecule has 0 saturated carbocycles. The first-order valence-corrected chi connectivity index (χ1v) is 7.36. The number of likely N-dealkylation sites (N-methyl/N-ethyl adjacent to an activating group) is 2. The highest BCUT2D eigenvalue weighted by atomic mass is 19.1. The van der Waals surface area contributed by atoms with Crippen molar-refractivity contribution in [1.29, 1.82) is 0 Å². The third kappa shape index (κ3) is 6.22. The van der Waals surface area contributed by atoms with Crippen LogP contribution in [-0.4, -0.2) is 55.3 Å². The molecule has 0 aromatic heterocycles. The molecule has 1 rings (SSSR count). The zero-order valence-corrected chi connectivity index (χ0v) is 13.4. The normalized spacial score (nSPS) is 10.6. The van der Waals surface area contributed by atoms with Crippen LogP contribution < -0.4 is 5.32 Å². The fraction of sp³-hybridized carbons (Fsp3) is 0.500. The SMILES string of the molecule is CCCNC(=O)CN(C)C(=O)CN(C)Cc1ccccc1F. The molecule has 0 aliphatic heterocycles. The summed E-state index contributed by atoms with van der Waals surface area (Å²) in [6, 6.07) is 6.48. The molecular weight excluding hydrogens is 285 g/mol. The Labute approximate surface area is 131 Å². The van der Waals surface area contributed by atoms with E-state index in [4.69, 9.17) is 0 Å². The highest BCUT2D eigenvalue weighted by molar-refractivity contribution is 5.85. The minimum Gasteiger partial charge on any atom is -0.355 e. The van der Waals surface area contributed by atoms with E-state index in [2.05, 4.69) is 5.32 Å². The lowest BCUT2D eigenvalue weighted by molar-refractivity contribution is -0.135. The Balaban J connectivity index is 2.43. The van der Waals surface area contributed by atoms with Gasteiger partial charge in [-0.25, -0.2) is 4.39 Å². The van der Waals surface area contributed by atoms with Crippen molar-refractivity contribution in [2.75, 3.05) is 33.7 Å². The highest BCUT2D eigenvalue weighted by Gasteiger charge is 2.15. The lowest BCUT2D eigenvalue weighted by atomic mass is 10.2. The molecule has 122 valence electrons. The quantitative estimate of drug-likeness (QED) is 0.786. The molecular formula is C16H24FN3O2. The van der Waals surface area contributed by atoms with Crippen molar-refractivity contribution >= 4 is 11.8 Å². The average Bonchev–Trinajstić information content (AvgIpc) is 2.47. The zero-order valence-electron chi connectivity index (χ0n) is 13.4. The van der Waals surface area contributed by atoms with Crippen LogP contribution in [-0.2, 0) is 16.1 Å². The van der Waals surface area contributed by atoms with Crippen molar-refractivity contribution in [3.63, 3.8) is 0 Å². The molecule has 0 fully saturated rings. The summed E-state index contributed by atoms with van der Waals surface area (Å²) < 4.78 is 13.6. The number of carbonyl (C=O) groups excluding carboxylic acids is 2. The summed E-state index contributed by atoms with van der Waals surface area (Å²) in [5, 5.41) is 2.72. The van der Waals surface area contributed by atoms with Crippen LogP contribution in [0.1, 0.15) is 18.9 Å². The largest absolute Gasteiger partial charge is 0.355 e. The van der Waals surface area contributed by atoms with Gasteiger partial charge in [-0.1, -0.05) is 25.1 Å². The van der Waals surface area contributed by atoms with Crippen LogP contribution in [0, 0.1) is 5.82 Å². The molecule has 0 radical (unpaired) electrons. The average molecular weight is 309 g/mol. The molecule has 0 aliphatic rings. The molecule has 0 atom stereocenters. The van der Waals surface area contributed by atoms with Crippen molar-refractivity contribution in [2.24, 2.45) is 0 Å². The second-order valence-electron chi connectivity index (χ2n) is 5.36. The Morgan fingerprint density at radius 2 is 1.86 bits per heavy atom. The van der Waals surface area contributed by atoms with Crippen molar-refractivity contribution in [3.8, 4) is 0 Å². The Morgan fingerprint density at radius 1 is 1.18 bits per heavy atom. The van der Waals surface area contributed by atoms with E-state index in [-0.39, 0.29) is 30.7 Å². The third-order valence-corrected chi connectivity index (χ3v) is 3.18. The molecule has 1 N–H and O–H groups in total. The van der Waals surface area contributed by atoms with Gasteiger partial charge in [-0.3, -0.25) is 14.5 Å². The first-order valence-electron chi connectivity index (χ1n) is 7.36. The number of carbonyl (C=O) groups is 2. The van der Waals surface area contributed by atoms with E-state index in [9.17, 15) is 14.0 Å². The predicted octanol–water partition coefficient (Wildman–Crippen LogP) is 1.24. The Hall–Kier alpha value is -1.95. The number of nitrogens with zero attached hydrogens (tertiary/aromatic N) is 2. The second kappa shape index (κ2) is 9.15. The van der Waals surface area contributed by atoms with Gasteiger partial charge in [0.25, 0.3) is 0 Å². The molecule has 0 bridgehead atoms. The fourth-order valence-corrected chi connectivity index (χ4v) is 1.95. The van der Waals surface area contributed by atoms with E-state index in [1.807, 2.05) is 6.92 Å². The number of nitrogens with one attached hydrogen (secondary N) is 1. The van der Waals surface area contributed by atoms with Gasteiger partial charge in [0.15, 0.2) is 0 Å². The molecule has 5 nitrogen and oxygen atoms in total. The lowest BCUT2D eigenvalue weighted by Crippen LogP contribution is -2.42. The van der Waals surface area contributed by atoms with E-state index < -0.39 is 0 Å². The van der Waals surface area contributed by atoms with Gasteiger partial charge in [0.1, 0.15) is 5.82 Å². The minimum absolute atomic E-state index is 0.0341. The van der Waals surface area contributed by atoms with E-state index in [0.717, 1.165) is 6.42 Å². The van der Waals surface area contributed by atoms with Gasteiger partial charge in [-0.15, -0.1) is 0 Å². The summed E-state index contributed by atoms with van der Waals surface area (Å²) in [4.78, 5) is 26.7. The van der Waals surface area contributed by atoms with E-state index >= 15 is 0 Å². The topological polar surface area (TPSA) is 52.7 Å².